The number of fused-ring (bicyclic) bond motifs is 2. The molecule has 0 spiro atoms. The topological polar surface area (TPSA) is 66.8 Å². The summed E-state index contributed by atoms with van der Waals surface area (Å²) in [5.41, 5.74) is 2.45. The maximum atomic E-state index is 13.2. The van der Waals surface area contributed by atoms with Gasteiger partial charge in [0.05, 0.1) is 23.4 Å². The highest BCUT2D eigenvalue weighted by atomic mass is 16.2. The molecule has 1 unspecified atom stereocenters. The van der Waals surface area contributed by atoms with Crippen molar-refractivity contribution in [3.63, 3.8) is 0 Å². The normalized spacial score (nSPS) is 18.0. The van der Waals surface area contributed by atoms with Crippen LogP contribution < -0.4 is 0 Å². The molecular weight excluding hydrogens is 302 g/mol. The van der Waals surface area contributed by atoms with E-state index in [1.807, 2.05) is 35.5 Å². The average Bonchev–Trinajstić information content (AvgIpc) is 3.18. The fourth-order valence-electron chi connectivity index (χ4n) is 3.59. The van der Waals surface area contributed by atoms with Gasteiger partial charge in [-0.25, -0.2) is 9.97 Å². The van der Waals surface area contributed by atoms with Crippen LogP contribution in [0, 0.1) is 5.92 Å². The largest absolute Gasteiger partial charge is 0.345 e. The van der Waals surface area contributed by atoms with Crippen LogP contribution in [-0.2, 0) is 6.54 Å². The number of H-pyrrole nitrogens is 1. The Labute approximate surface area is 140 Å². The first-order valence-electron chi connectivity index (χ1n) is 8.40. The number of hydrogen-bond donors (Lipinski definition) is 1. The highest BCUT2D eigenvalue weighted by Crippen LogP contribution is 2.31. The summed E-state index contributed by atoms with van der Waals surface area (Å²) in [6.45, 7) is 5.94. The van der Waals surface area contributed by atoms with Crippen molar-refractivity contribution in [2.45, 2.75) is 32.9 Å². The van der Waals surface area contributed by atoms with E-state index in [9.17, 15) is 4.79 Å². The van der Waals surface area contributed by atoms with Crippen LogP contribution in [0.4, 0.5) is 0 Å². The van der Waals surface area contributed by atoms with Gasteiger partial charge >= 0.3 is 0 Å². The van der Waals surface area contributed by atoms with Crippen LogP contribution >= 0.6 is 0 Å². The Morgan fingerprint density at radius 1 is 1.29 bits per heavy atom. The maximum absolute atomic E-state index is 13.2. The van der Waals surface area contributed by atoms with E-state index in [0.717, 1.165) is 36.4 Å². The van der Waals surface area contributed by atoms with E-state index in [4.69, 9.17) is 0 Å². The summed E-state index contributed by atoms with van der Waals surface area (Å²) in [6.07, 6.45) is 6.42. The van der Waals surface area contributed by atoms with Crippen molar-refractivity contribution in [2.24, 2.45) is 5.92 Å². The van der Waals surface area contributed by atoms with Crippen molar-refractivity contribution in [1.82, 2.24) is 24.4 Å². The molecule has 3 heterocycles. The highest BCUT2D eigenvalue weighted by Gasteiger charge is 2.33. The standard InChI is InChI=1S/C18H21N5O/c1-12(2)16-17-19-6-9-22(17)7-3-8-23(16)18(24)13-4-5-14-15(10-13)21-11-20-14/h4-6,9-12,16H,3,7-8H2,1-2H3,(H,20,21). The van der Waals surface area contributed by atoms with Crippen molar-refractivity contribution >= 4 is 16.9 Å². The van der Waals surface area contributed by atoms with Crippen molar-refractivity contribution in [1.29, 1.82) is 0 Å². The minimum absolute atomic E-state index is 0.00698. The van der Waals surface area contributed by atoms with Gasteiger partial charge in [0.15, 0.2) is 0 Å². The summed E-state index contributed by atoms with van der Waals surface area (Å²) in [6, 6.07) is 5.63. The summed E-state index contributed by atoms with van der Waals surface area (Å²) in [5.74, 6) is 1.34. The van der Waals surface area contributed by atoms with Crippen LogP contribution in [0.15, 0.2) is 36.9 Å². The van der Waals surface area contributed by atoms with E-state index in [1.54, 1.807) is 6.33 Å². The van der Waals surface area contributed by atoms with Gasteiger partial charge in [0.1, 0.15) is 5.82 Å². The van der Waals surface area contributed by atoms with Gasteiger partial charge in [0.25, 0.3) is 5.91 Å². The number of aromatic amines is 1. The summed E-state index contributed by atoms with van der Waals surface area (Å²) in [5, 5.41) is 0. The molecule has 0 fully saturated rings. The minimum Gasteiger partial charge on any atom is -0.345 e. The molecule has 0 radical (unpaired) electrons. The lowest BCUT2D eigenvalue weighted by atomic mass is 10.0. The zero-order chi connectivity index (χ0) is 16.7. The van der Waals surface area contributed by atoms with Gasteiger partial charge in [-0.15, -0.1) is 0 Å². The molecule has 0 bridgehead atoms. The van der Waals surface area contributed by atoms with Crippen molar-refractivity contribution < 1.29 is 4.79 Å². The summed E-state index contributed by atoms with van der Waals surface area (Å²) in [4.78, 5) is 27.0. The highest BCUT2D eigenvalue weighted by molar-refractivity contribution is 5.97. The first kappa shape index (κ1) is 14.9. The lowest BCUT2D eigenvalue weighted by Crippen LogP contribution is -2.38. The predicted molar refractivity (Wildman–Crippen MR) is 91.6 cm³/mol. The SMILES string of the molecule is CC(C)C1c2nccn2CCCN1C(=O)c1ccc2nc[nH]c2c1. The molecule has 1 atom stereocenters. The second-order valence-corrected chi connectivity index (χ2v) is 6.65. The average molecular weight is 323 g/mol. The van der Waals surface area contributed by atoms with E-state index in [0.29, 0.717) is 11.5 Å². The Hall–Kier alpha value is -2.63. The Morgan fingerprint density at radius 2 is 2.17 bits per heavy atom. The molecule has 1 N–H and O–H groups in total. The second-order valence-electron chi connectivity index (χ2n) is 6.65. The number of carbonyl (C=O) groups is 1. The Morgan fingerprint density at radius 3 is 3.00 bits per heavy atom. The van der Waals surface area contributed by atoms with Crippen molar-refractivity contribution in [2.75, 3.05) is 6.54 Å². The van der Waals surface area contributed by atoms with Gasteiger partial charge in [0, 0.05) is 31.0 Å². The fraction of sp³-hybridized carbons (Fsp3) is 0.389. The van der Waals surface area contributed by atoms with Crippen LogP contribution in [0.5, 0.6) is 0 Å². The second kappa shape index (κ2) is 5.78. The third kappa shape index (κ3) is 2.38. The van der Waals surface area contributed by atoms with Gasteiger partial charge in [0.2, 0.25) is 0 Å². The van der Waals surface area contributed by atoms with Crippen molar-refractivity contribution in [3.05, 3.63) is 48.3 Å². The van der Waals surface area contributed by atoms with Gasteiger partial charge in [-0.05, 0) is 30.5 Å². The number of aryl methyl sites for hydroxylation is 1. The summed E-state index contributed by atoms with van der Waals surface area (Å²) >= 11 is 0. The quantitative estimate of drug-likeness (QED) is 0.788. The molecule has 1 amide bonds. The third-order valence-corrected chi connectivity index (χ3v) is 4.71. The number of nitrogens with one attached hydrogen (secondary N) is 1. The molecule has 1 aliphatic heterocycles. The van der Waals surface area contributed by atoms with Gasteiger partial charge in [-0.1, -0.05) is 13.8 Å². The summed E-state index contributed by atoms with van der Waals surface area (Å²) in [7, 11) is 0. The molecule has 0 saturated carbocycles. The Balaban J connectivity index is 1.74. The molecule has 124 valence electrons. The lowest BCUT2D eigenvalue weighted by Gasteiger charge is -2.32. The Kier molecular flexibility index (Phi) is 3.59. The number of benzene rings is 1. The van der Waals surface area contributed by atoms with Crippen LogP contribution in [0.25, 0.3) is 11.0 Å². The molecule has 6 nitrogen and oxygen atoms in total. The number of rotatable bonds is 2. The van der Waals surface area contributed by atoms with Crippen LogP contribution in [-0.4, -0.2) is 36.9 Å². The van der Waals surface area contributed by atoms with E-state index >= 15 is 0 Å². The molecule has 0 aliphatic carbocycles. The number of hydrogen-bond acceptors (Lipinski definition) is 3. The monoisotopic (exact) mass is 323 g/mol. The number of carbonyl (C=O) groups excluding carboxylic acids is 1. The predicted octanol–water partition coefficient (Wildman–Crippen LogP) is 3.00. The molecule has 4 rings (SSSR count). The number of imidazole rings is 2. The smallest absolute Gasteiger partial charge is 0.254 e. The number of aromatic nitrogens is 4. The van der Waals surface area contributed by atoms with Crippen molar-refractivity contribution in [3.8, 4) is 0 Å². The van der Waals surface area contributed by atoms with Crippen LogP contribution in [0.1, 0.15) is 42.5 Å². The number of amides is 1. The third-order valence-electron chi connectivity index (χ3n) is 4.71. The minimum atomic E-state index is -0.00698. The number of nitrogens with zero attached hydrogens (tertiary/aromatic N) is 4. The van der Waals surface area contributed by atoms with E-state index < -0.39 is 0 Å². The molecule has 0 saturated heterocycles. The first-order chi connectivity index (χ1) is 11.6. The summed E-state index contributed by atoms with van der Waals surface area (Å²) < 4.78 is 2.18. The van der Waals surface area contributed by atoms with E-state index in [1.165, 1.54) is 0 Å². The van der Waals surface area contributed by atoms with Gasteiger partial charge < -0.3 is 14.5 Å². The van der Waals surface area contributed by atoms with Gasteiger partial charge in [-0.3, -0.25) is 4.79 Å². The first-order valence-corrected chi connectivity index (χ1v) is 8.40. The van der Waals surface area contributed by atoms with Gasteiger partial charge in [-0.2, -0.15) is 0 Å². The molecule has 2 aromatic heterocycles. The maximum Gasteiger partial charge on any atom is 0.254 e. The fourth-order valence-corrected chi connectivity index (χ4v) is 3.59. The van der Waals surface area contributed by atoms with E-state index in [2.05, 4.69) is 33.4 Å². The Bertz CT molecular complexity index is 878. The lowest BCUT2D eigenvalue weighted by molar-refractivity contribution is 0.0622. The van der Waals surface area contributed by atoms with Crippen LogP contribution in [0.3, 0.4) is 0 Å². The molecule has 1 aromatic carbocycles. The molecule has 3 aromatic rings. The zero-order valence-electron chi connectivity index (χ0n) is 13.9. The van der Waals surface area contributed by atoms with E-state index in [-0.39, 0.29) is 11.9 Å². The molecule has 24 heavy (non-hydrogen) atoms. The van der Waals surface area contributed by atoms with Crippen LogP contribution in [0.2, 0.25) is 0 Å². The zero-order valence-corrected chi connectivity index (χ0v) is 13.9. The molecule has 1 aliphatic rings. The molecule has 6 heteroatoms. The molecular formula is C18H21N5O.